The SMILES string of the molecule is O=C(NCc1ccc(Cl)cc1)c1cn2c(n1)CCCC2. The first-order chi connectivity index (χ1) is 9.72. The highest BCUT2D eigenvalue weighted by Crippen LogP contribution is 2.14. The van der Waals surface area contributed by atoms with Crippen molar-refractivity contribution in [2.75, 3.05) is 0 Å². The number of imidazole rings is 1. The molecule has 0 bridgehead atoms. The summed E-state index contributed by atoms with van der Waals surface area (Å²) in [6.45, 7) is 1.45. The second-order valence-electron chi connectivity index (χ2n) is 5.00. The number of aryl methyl sites for hydroxylation is 2. The largest absolute Gasteiger partial charge is 0.347 e. The summed E-state index contributed by atoms with van der Waals surface area (Å²) in [4.78, 5) is 16.5. The number of nitrogens with zero attached hydrogens (tertiary/aromatic N) is 2. The van der Waals surface area contributed by atoms with Gasteiger partial charge in [-0.1, -0.05) is 23.7 Å². The van der Waals surface area contributed by atoms with E-state index in [9.17, 15) is 4.79 Å². The molecule has 2 heterocycles. The van der Waals surface area contributed by atoms with Crippen LogP contribution >= 0.6 is 11.6 Å². The zero-order valence-electron chi connectivity index (χ0n) is 11.1. The summed E-state index contributed by atoms with van der Waals surface area (Å²) in [6, 6.07) is 7.44. The number of carbonyl (C=O) groups excluding carboxylic acids is 1. The summed E-state index contributed by atoms with van der Waals surface area (Å²) in [7, 11) is 0. The molecule has 5 heteroatoms. The quantitative estimate of drug-likeness (QED) is 0.944. The molecule has 0 aliphatic carbocycles. The number of amides is 1. The number of nitrogens with one attached hydrogen (secondary N) is 1. The van der Waals surface area contributed by atoms with Gasteiger partial charge in [-0.2, -0.15) is 0 Å². The van der Waals surface area contributed by atoms with Crippen LogP contribution in [0.25, 0.3) is 0 Å². The van der Waals surface area contributed by atoms with Gasteiger partial charge in [0.05, 0.1) is 0 Å². The summed E-state index contributed by atoms with van der Waals surface area (Å²) in [5, 5.41) is 3.58. The Bertz CT molecular complexity index is 595. The Balaban J connectivity index is 1.64. The smallest absolute Gasteiger partial charge is 0.271 e. The van der Waals surface area contributed by atoms with Gasteiger partial charge in [-0.3, -0.25) is 4.79 Å². The molecule has 20 heavy (non-hydrogen) atoms. The minimum absolute atomic E-state index is 0.123. The highest BCUT2D eigenvalue weighted by Gasteiger charge is 2.16. The molecule has 3 rings (SSSR count). The normalized spacial score (nSPS) is 13.8. The lowest BCUT2D eigenvalue weighted by Crippen LogP contribution is -2.23. The van der Waals surface area contributed by atoms with Crippen LogP contribution in [-0.4, -0.2) is 15.5 Å². The fourth-order valence-corrected chi connectivity index (χ4v) is 2.52. The number of hydrogen-bond donors (Lipinski definition) is 1. The van der Waals surface area contributed by atoms with Crippen LogP contribution < -0.4 is 5.32 Å². The third-order valence-electron chi connectivity index (χ3n) is 3.51. The monoisotopic (exact) mass is 289 g/mol. The summed E-state index contributed by atoms with van der Waals surface area (Å²) in [5.74, 6) is 0.898. The Labute approximate surface area is 122 Å². The predicted octanol–water partition coefficient (Wildman–Crippen LogP) is 2.80. The summed E-state index contributed by atoms with van der Waals surface area (Å²) in [6.07, 6.45) is 5.13. The first-order valence-electron chi connectivity index (χ1n) is 6.81. The predicted molar refractivity (Wildman–Crippen MR) is 77.8 cm³/mol. The Morgan fingerprint density at radius 2 is 2.10 bits per heavy atom. The lowest BCUT2D eigenvalue weighted by Gasteiger charge is -2.11. The molecule has 0 spiro atoms. The van der Waals surface area contributed by atoms with E-state index >= 15 is 0 Å². The number of hydrogen-bond acceptors (Lipinski definition) is 2. The van der Waals surface area contributed by atoms with E-state index in [1.807, 2.05) is 30.5 Å². The maximum absolute atomic E-state index is 12.1. The van der Waals surface area contributed by atoms with E-state index in [0.717, 1.165) is 37.2 Å². The van der Waals surface area contributed by atoms with Crippen LogP contribution in [-0.2, 0) is 19.5 Å². The minimum atomic E-state index is -0.123. The number of aromatic nitrogens is 2. The number of carbonyl (C=O) groups is 1. The lowest BCUT2D eigenvalue weighted by molar-refractivity contribution is 0.0946. The van der Waals surface area contributed by atoms with Crippen LogP contribution in [0.5, 0.6) is 0 Å². The molecular formula is C15H16ClN3O. The van der Waals surface area contributed by atoms with Crippen molar-refractivity contribution < 1.29 is 4.79 Å². The second kappa shape index (κ2) is 5.67. The minimum Gasteiger partial charge on any atom is -0.347 e. The molecule has 1 amide bonds. The maximum atomic E-state index is 12.1. The van der Waals surface area contributed by atoms with Gasteiger partial charge in [-0.25, -0.2) is 4.98 Å². The van der Waals surface area contributed by atoms with Crippen molar-refractivity contribution in [2.45, 2.75) is 32.4 Å². The second-order valence-corrected chi connectivity index (χ2v) is 5.44. The molecule has 2 aromatic rings. The molecule has 1 aromatic carbocycles. The van der Waals surface area contributed by atoms with Gasteiger partial charge in [0.1, 0.15) is 11.5 Å². The first-order valence-corrected chi connectivity index (χ1v) is 7.19. The number of rotatable bonds is 3. The molecule has 4 nitrogen and oxygen atoms in total. The Morgan fingerprint density at radius 3 is 2.85 bits per heavy atom. The van der Waals surface area contributed by atoms with E-state index in [0.29, 0.717) is 17.3 Å². The molecule has 0 fully saturated rings. The number of fused-ring (bicyclic) bond motifs is 1. The Hall–Kier alpha value is -1.81. The average molecular weight is 290 g/mol. The summed E-state index contributed by atoms with van der Waals surface area (Å²) < 4.78 is 2.08. The molecule has 1 aliphatic rings. The van der Waals surface area contributed by atoms with E-state index in [4.69, 9.17) is 11.6 Å². The van der Waals surface area contributed by atoms with E-state index in [1.165, 1.54) is 0 Å². The van der Waals surface area contributed by atoms with Crippen molar-refractivity contribution >= 4 is 17.5 Å². The maximum Gasteiger partial charge on any atom is 0.271 e. The third-order valence-corrected chi connectivity index (χ3v) is 3.76. The molecule has 0 unspecified atom stereocenters. The average Bonchev–Trinajstić information content (AvgIpc) is 2.90. The molecule has 0 atom stereocenters. The van der Waals surface area contributed by atoms with E-state index in [-0.39, 0.29) is 5.91 Å². The topological polar surface area (TPSA) is 46.9 Å². The van der Waals surface area contributed by atoms with Gasteiger partial charge >= 0.3 is 0 Å². The van der Waals surface area contributed by atoms with E-state index in [2.05, 4.69) is 14.9 Å². The van der Waals surface area contributed by atoms with Gasteiger partial charge in [0, 0.05) is 30.7 Å². The highest BCUT2D eigenvalue weighted by molar-refractivity contribution is 6.30. The Kier molecular flexibility index (Phi) is 3.74. The van der Waals surface area contributed by atoms with Crippen molar-refractivity contribution in [3.63, 3.8) is 0 Å². The summed E-state index contributed by atoms with van der Waals surface area (Å²) >= 11 is 5.83. The molecule has 0 saturated heterocycles. The summed E-state index contributed by atoms with van der Waals surface area (Å²) in [5.41, 5.74) is 1.53. The van der Waals surface area contributed by atoms with E-state index < -0.39 is 0 Å². The zero-order chi connectivity index (χ0) is 13.9. The van der Waals surface area contributed by atoms with Crippen molar-refractivity contribution in [3.05, 3.63) is 52.6 Å². The van der Waals surface area contributed by atoms with Crippen molar-refractivity contribution in [1.29, 1.82) is 0 Å². The number of benzene rings is 1. The lowest BCUT2D eigenvalue weighted by atomic mass is 10.2. The standard InChI is InChI=1S/C15H16ClN3O/c16-12-6-4-11(5-7-12)9-17-15(20)13-10-19-8-2-1-3-14(19)18-13/h4-7,10H,1-3,8-9H2,(H,17,20). The molecule has 0 radical (unpaired) electrons. The molecule has 1 aliphatic heterocycles. The fraction of sp³-hybridized carbons (Fsp3) is 0.333. The van der Waals surface area contributed by atoms with Gasteiger partial charge in [0.2, 0.25) is 0 Å². The van der Waals surface area contributed by atoms with Crippen LogP contribution in [0.15, 0.2) is 30.5 Å². The van der Waals surface area contributed by atoms with E-state index in [1.54, 1.807) is 0 Å². The fourth-order valence-electron chi connectivity index (χ4n) is 2.40. The third kappa shape index (κ3) is 2.85. The van der Waals surface area contributed by atoms with Crippen LogP contribution in [0.2, 0.25) is 5.02 Å². The van der Waals surface area contributed by atoms with Crippen molar-refractivity contribution in [3.8, 4) is 0 Å². The van der Waals surface area contributed by atoms with Crippen molar-refractivity contribution in [1.82, 2.24) is 14.9 Å². The van der Waals surface area contributed by atoms with Crippen LogP contribution in [0.1, 0.15) is 34.7 Å². The van der Waals surface area contributed by atoms with Gasteiger partial charge in [0.25, 0.3) is 5.91 Å². The number of halogens is 1. The molecule has 104 valence electrons. The van der Waals surface area contributed by atoms with Gasteiger partial charge < -0.3 is 9.88 Å². The Morgan fingerprint density at radius 1 is 1.30 bits per heavy atom. The molecular weight excluding hydrogens is 274 g/mol. The highest BCUT2D eigenvalue weighted by atomic mass is 35.5. The van der Waals surface area contributed by atoms with Gasteiger partial charge in [-0.15, -0.1) is 0 Å². The molecule has 0 saturated carbocycles. The van der Waals surface area contributed by atoms with Crippen molar-refractivity contribution in [2.24, 2.45) is 0 Å². The van der Waals surface area contributed by atoms with Gasteiger partial charge in [0.15, 0.2) is 0 Å². The molecule has 1 aromatic heterocycles. The first kappa shape index (κ1) is 13.2. The molecule has 1 N–H and O–H groups in total. The van der Waals surface area contributed by atoms with Crippen LogP contribution in [0.3, 0.4) is 0 Å². The van der Waals surface area contributed by atoms with Crippen LogP contribution in [0.4, 0.5) is 0 Å². The van der Waals surface area contributed by atoms with Crippen LogP contribution in [0, 0.1) is 0 Å². The van der Waals surface area contributed by atoms with Gasteiger partial charge in [-0.05, 0) is 30.5 Å². The zero-order valence-corrected chi connectivity index (χ0v) is 11.9.